The second-order valence-electron chi connectivity index (χ2n) is 4.72. The molecule has 2 unspecified atom stereocenters. The molecule has 2 atom stereocenters. The number of nitrogens with zero attached hydrogens (tertiary/aromatic N) is 2. The average Bonchev–Trinajstić information content (AvgIpc) is 2.93. The second kappa shape index (κ2) is 4.22. The van der Waals surface area contributed by atoms with Crippen LogP contribution >= 0.6 is 0 Å². The monoisotopic (exact) mass is 262 g/mol. The lowest BCUT2D eigenvalue weighted by Crippen LogP contribution is -2.30. The number of nitrogens with two attached hydrogens (primary N) is 1. The molecule has 2 aromatic rings. The molecule has 0 bridgehead atoms. The number of benzene rings is 1. The number of aliphatic hydroxyl groups excluding tert-OH is 2. The van der Waals surface area contributed by atoms with Crippen LogP contribution in [0.4, 0.5) is 5.69 Å². The number of aromatic nitrogens is 2. The minimum absolute atomic E-state index is 0.108. The molecule has 2 heterocycles. The summed E-state index contributed by atoms with van der Waals surface area (Å²) in [4.78, 5) is 13.7. The molecule has 1 aromatic carbocycles. The number of fused-ring (bicyclic) bond motifs is 1. The molecular formula is C12H14N4O3. The van der Waals surface area contributed by atoms with Crippen molar-refractivity contribution < 1.29 is 15.0 Å². The highest BCUT2D eigenvalue weighted by atomic mass is 16.3. The van der Waals surface area contributed by atoms with Crippen molar-refractivity contribution in [1.82, 2.24) is 15.1 Å². The number of nitrogens with one attached hydrogen (secondary N) is 1. The van der Waals surface area contributed by atoms with E-state index in [-0.39, 0.29) is 24.7 Å². The molecule has 0 aliphatic carbocycles. The van der Waals surface area contributed by atoms with Gasteiger partial charge in [0.1, 0.15) is 0 Å². The second-order valence-corrected chi connectivity index (χ2v) is 4.72. The summed E-state index contributed by atoms with van der Waals surface area (Å²) in [6.07, 6.45) is -1.81. The van der Waals surface area contributed by atoms with E-state index in [2.05, 4.69) is 10.2 Å². The van der Waals surface area contributed by atoms with Crippen molar-refractivity contribution in [3.8, 4) is 0 Å². The molecular weight excluding hydrogens is 248 g/mol. The number of aromatic amines is 1. The van der Waals surface area contributed by atoms with Gasteiger partial charge in [0.15, 0.2) is 5.69 Å². The van der Waals surface area contributed by atoms with E-state index in [0.29, 0.717) is 11.1 Å². The zero-order chi connectivity index (χ0) is 13.6. The number of H-pyrrole nitrogens is 1. The van der Waals surface area contributed by atoms with Gasteiger partial charge in [0, 0.05) is 24.2 Å². The minimum Gasteiger partial charge on any atom is -0.399 e. The molecule has 1 aromatic heterocycles. The summed E-state index contributed by atoms with van der Waals surface area (Å²) in [5.41, 5.74) is 7.22. The molecule has 19 heavy (non-hydrogen) atoms. The number of amides is 1. The standard InChI is InChI=1S/C12H14N4O3/c13-6-1-2-8-7(3-6)11(15-14-8)12(19)16-4-9(17)10(18)5-16/h1-3,9-10,17-18H,4-5,13H2,(H,14,15). The number of aliphatic hydroxyl groups is 2. The Kier molecular flexibility index (Phi) is 2.65. The molecule has 100 valence electrons. The summed E-state index contributed by atoms with van der Waals surface area (Å²) in [6.45, 7) is 0.216. The van der Waals surface area contributed by atoms with Crippen LogP contribution in [-0.4, -0.2) is 56.5 Å². The summed E-state index contributed by atoms with van der Waals surface area (Å²) in [7, 11) is 0. The minimum atomic E-state index is -0.903. The van der Waals surface area contributed by atoms with Crippen molar-refractivity contribution in [3.05, 3.63) is 23.9 Å². The summed E-state index contributed by atoms with van der Waals surface area (Å²) in [5, 5.41) is 26.4. The molecule has 1 aliphatic heterocycles. The maximum absolute atomic E-state index is 12.3. The van der Waals surface area contributed by atoms with Crippen LogP contribution in [0.1, 0.15) is 10.5 Å². The highest BCUT2D eigenvalue weighted by Gasteiger charge is 2.34. The van der Waals surface area contributed by atoms with Crippen LogP contribution in [-0.2, 0) is 0 Å². The first-order chi connectivity index (χ1) is 9.06. The van der Waals surface area contributed by atoms with Crippen LogP contribution in [0.25, 0.3) is 10.9 Å². The quantitative estimate of drug-likeness (QED) is 0.508. The molecule has 5 N–H and O–H groups in total. The Morgan fingerprint density at radius 2 is 2.05 bits per heavy atom. The molecule has 7 heteroatoms. The number of nitrogen functional groups attached to an aromatic ring is 1. The van der Waals surface area contributed by atoms with Crippen LogP contribution in [0.3, 0.4) is 0 Å². The average molecular weight is 262 g/mol. The van der Waals surface area contributed by atoms with Gasteiger partial charge in [-0.25, -0.2) is 0 Å². The third-order valence-electron chi connectivity index (χ3n) is 3.34. The van der Waals surface area contributed by atoms with Gasteiger partial charge in [0.05, 0.1) is 17.7 Å². The van der Waals surface area contributed by atoms with Gasteiger partial charge in [-0.05, 0) is 18.2 Å². The highest BCUT2D eigenvalue weighted by molar-refractivity contribution is 6.05. The van der Waals surface area contributed by atoms with Gasteiger partial charge >= 0.3 is 0 Å². The maximum Gasteiger partial charge on any atom is 0.275 e. The molecule has 0 radical (unpaired) electrons. The lowest BCUT2D eigenvalue weighted by atomic mass is 10.2. The number of β-amino-alcohol motifs (C(OH)–C–C–N with tert-alkyl or cyclic N) is 2. The topological polar surface area (TPSA) is 115 Å². The summed E-state index contributed by atoms with van der Waals surface area (Å²) < 4.78 is 0. The fourth-order valence-electron chi connectivity index (χ4n) is 2.28. The van der Waals surface area contributed by atoms with Crippen LogP contribution in [0.15, 0.2) is 18.2 Å². The van der Waals surface area contributed by atoms with Crippen molar-refractivity contribution in [2.24, 2.45) is 0 Å². The summed E-state index contributed by atoms with van der Waals surface area (Å²) in [6, 6.07) is 5.15. The first-order valence-electron chi connectivity index (χ1n) is 5.95. The van der Waals surface area contributed by atoms with E-state index in [0.717, 1.165) is 5.52 Å². The number of carbonyl (C=O) groups is 1. The molecule has 1 amide bonds. The van der Waals surface area contributed by atoms with E-state index < -0.39 is 12.2 Å². The van der Waals surface area contributed by atoms with Crippen molar-refractivity contribution in [1.29, 1.82) is 0 Å². The SMILES string of the molecule is Nc1ccc2[nH]nc(C(=O)N3CC(O)C(O)C3)c2c1. The molecule has 1 fully saturated rings. The Morgan fingerprint density at radius 3 is 2.74 bits per heavy atom. The van der Waals surface area contributed by atoms with Crippen LogP contribution in [0.5, 0.6) is 0 Å². The first kappa shape index (κ1) is 11.9. The smallest absolute Gasteiger partial charge is 0.275 e. The third kappa shape index (κ3) is 1.92. The van der Waals surface area contributed by atoms with E-state index in [4.69, 9.17) is 5.73 Å². The first-order valence-corrected chi connectivity index (χ1v) is 5.95. The Bertz CT molecular complexity index is 629. The van der Waals surface area contributed by atoms with E-state index >= 15 is 0 Å². The normalized spacial score (nSPS) is 23.2. The number of hydrogen-bond donors (Lipinski definition) is 4. The largest absolute Gasteiger partial charge is 0.399 e. The van der Waals surface area contributed by atoms with Crippen molar-refractivity contribution in [2.45, 2.75) is 12.2 Å². The number of hydrogen-bond acceptors (Lipinski definition) is 5. The third-order valence-corrected chi connectivity index (χ3v) is 3.34. The number of anilines is 1. The zero-order valence-electron chi connectivity index (χ0n) is 10.1. The van der Waals surface area contributed by atoms with Gasteiger partial charge < -0.3 is 20.8 Å². The number of likely N-dealkylation sites (tertiary alicyclic amines) is 1. The van der Waals surface area contributed by atoms with E-state index in [1.165, 1.54) is 4.90 Å². The van der Waals surface area contributed by atoms with Gasteiger partial charge in [-0.2, -0.15) is 5.10 Å². The van der Waals surface area contributed by atoms with Gasteiger partial charge in [-0.15, -0.1) is 0 Å². The summed E-state index contributed by atoms with van der Waals surface area (Å²) >= 11 is 0. The number of rotatable bonds is 1. The van der Waals surface area contributed by atoms with Gasteiger partial charge in [0.2, 0.25) is 0 Å². The predicted octanol–water partition coefficient (Wildman–Crippen LogP) is -0.677. The fourth-order valence-corrected chi connectivity index (χ4v) is 2.28. The lowest BCUT2D eigenvalue weighted by molar-refractivity contribution is 0.0572. The van der Waals surface area contributed by atoms with Crippen LogP contribution < -0.4 is 5.73 Å². The highest BCUT2D eigenvalue weighted by Crippen LogP contribution is 2.22. The van der Waals surface area contributed by atoms with E-state index in [1.807, 2.05) is 0 Å². The number of carbonyl (C=O) groups excluding carboxylic acids is 1. The zero-order valence-corrected chi connectivity index (χ0v) is 10.1. The Balaban J connectivity index is 1.96. The molecule has 0 spiro atoms. The molecule has 0 saturated carbocycles. The van der Waals surface area contributed by atoms with Gasteiger partial charge in [0.25, 0.3) is 5.91 Å². The molecule has 1 saturated heterocycles. The maximum atomic E-state index is 12.3. The Hall–Kier alpha value is -2.12. The van der Waals surface area contributed by atoms with Crippen molar-refractivity contribution in [2.75, 3.05) is 18.8 Å². The van der Waals surface area contributed by atoms with Crippen LogP contribution in [0, 0.1) is 0 Å². The Labute approximate surface area is 108 Å². The van der Waals surface area contributed by atoms with Gasteiger partial charge in [-0.3, -0.25) is 9.89 Å². The Morgan fingerprint density at radius 1 is 1.37 bits per heavy atom. The van der Waals surface area contributed by atoms with Crippen molar-refractivity contribution in [3.63, 3.8) is 0 Å². The molecule has 3 rings (SSSR count). The molecule has 7 nitrogen and oxygen atoms in total. The van der Waals surface area contributed by atoms with Crippen molar-refractivity contribution >= 4 is 22.5 Å². The van der Waals surface area contributed by atoms with Crippen LogP contribution in [0.2, 0.25) is 0 Å². The fraction of sp³-hybridized carbons (Fsp3) is 0.333. The summed E-state index contributed by atoms with van der Waals surface area (Å²) in [5.74, 6) is -0.326. The lowest BCUT2D eigenvalue weighted by Gasteiger charge is -2.13. The van der Waals surface area contributed by atoms with E-state index in [9.17, 15) is 15.0 Å². The van der Waals surface area contributed by atoms with Gasteiger partial charge in [-0.1, -0.05) is 0 Å². The predicted molar refractivity (Wildman–Crippen MR) is 68.4 cm³/mol. The molecule has 1 aliphatic rings. The van der Waals surface area contributed by atoms with E-state index in [1.54, 1.807) is 18.2 Å².